The van der Waals surface area contributed by atoms with E-state index in [2.05, 4.69) is 152 Å². The molecular weight excluding hydrogens is 1180 g/mol. The van der Waals surface area contributed by atoms with E-state index in [4.69, 9.17) is 30.8 Å². The van der Waals surface area contributed by atoms with E-state index >= 15 is 0 Å². The van der Waals surface area contributed by atoms with Gasteiger partial charge >= 0.3 is 0 Å². The van der Waals surface area contributed by atoms with Crippen molar-refractivity contribution in [2.75, 3.05) is 53.7 Å². The molecule has 0 aliphatic heterocycles. The second-order valence-corrected chi connectivity index (χ2v) is 22.1. The average molecular weight is 1300 g/mol. The number of nitrogens with one attached hydrogen (secondary N) is 2. The molecule has 11 nitrogen and oxygen atoms in total. The number of ketones is 1. The number of carbonyl (C=O) groups is 3. The maximum absolute atomic E-state index is 12.9. The Morgan fingerprint density at radius 1 is 0.744 bits per heavy atom. The summed E-state index contributed by atoms with van der Waals surface area (Å²) in [5.74, 6) is 0.832. The zero-order valence-electron chi connectivity index (χ0n) is 60.3. The van der Waals surface area contributed by atoms with Crippen molar-refractivity contribution in [3.05, 3.63) is 145 Å². The minimum absolute atomic E-state index is 0.0185. The molecule has 4 rings (SSSR count). The van der Waals surface area contributed by atoms with Gasteiger partial charge in [0.15, 0.2) is 5.78 Å². The molecule has 0 aliphatic rings. The summed E-state index contributed by atoms with van der Waals surface area (Å²) in [7, 11) is 3.34. The lowest BCUT2D eigenvalue weighted by atomic mass is 9.97. The van der Waals surface area contributed by atoms with Crippen molar-refractivity contribution in [2.45, 2.75) is 215 Å². The number of thiocarbonyl (C=S) groups is 1. The van der Waals surface area contributed by atoms with Crippen molar-refractivity contribution in [2.24, 2.45) is 21.1 Å². The number of hydrogen-bond acceptors (Lipinski definition) is 11. The molecule has 508 valence electrons. The van der Waals surface area contributed by atoms with Gasteiger partial charge in [-0.15, -0.1) is 24.2 Å². The monoisotopic (exact) mass is 1300 g/mol. The Balaban J connectivity index is -0.000000266. The molecular formula is C76H124ClN5O6S2. The van der Waals surface area contributed by atoms with Crippen molar-refractivity contribution >= 4 is 81.3 Å². The van der Waals surface area contributed by atoms with Gasteiger partial charge in [-0.25, -0.2) is 0 Å². The van der Waals surface area contributed by atoms with Crippen LogP contribution in [0.2, 0.25) is 5.02 Å². The zero-order chi connectivity index (χ0) is 70.1. The van der Waals surface area contributed by atoms with Crippen LogP contribution in [-0.4, -0.2) is 99.9 Å². The number of thiophene rings is 1. The molecule has 14 heteroatoms. The number of hydrogen-bond donors (Lipinski definition) is 2. The molecule has 3 aromatic carbocycles. The molecule has 0 spiro atoms. The van der Waals surface area contributed by atoms with Gasteiger partial charge < -0.3 is 24.8 Å². The normalized spacial score (nSPS) is 11.0. The highest BCUT2D eigenvalue weighted by molar-refractivity contribution is 7.78. The standard InChI is InChI=1S/C28H39ClN4O2S.C13H18.C8H9NO.C8H18.C7H16O2.C4H6O.C2H4S.2C2H6.C2H2/c1-8-10-18(3)32-33-20(5)25(17-26(34)30-15-16-35-9-2)31-28(23-11-13-24(29)14-12-23)27-19(4)21(6)36-22(27)7;1-4-7-12-9-6-10-13(8-5-2)11(12)3;1-9-8(10)7-5-3-2-4-6-7;1-4-6-7-8(3)5-2;1-3-9-7-5-4-6-8-2;1-3-4(2)5;1-2-3;3*1-2/h11-14,25H,8-10,15-17H2,1-7H3,(H,30,34);4,6-7,9-10H,5,8H2,1-3H3;2-6H,1H3,(H,9,10);8H,4-7H2,1-3H3;3-7H2,1-2H3;3H,1H2,2H3;2H,1H3;2*1-2H3;1-2H/b31-28?,32-18-,33-20+;7-4-;;;;;;;;/t25-;;;;;;;;;/m0........./s1. The topological polar surface area (TPSA) is 140 Å². The van der Waals surface area contributed by atoms with E-state index in [0.717, 1.165) is 74.0 Å². The summed E-state index contributed by atoms with van der Waals surface area (Å²) in [6.07, 6.45) is 25.8. The lowest BCUT2D eigenvalue weighted by Crippen LogP contribution is -2.32. The van der Waals surface area contributed by atoms with Gasteiger partial charge in [-0.2, -0.15) is 10.2 Å². The number of allylic oxidation sites excluding steroid dienone is 2. The van der Waals surface area contributed by atoms with Crippen LogP contribution in [0.15, 0.2) is 107 Å². The van der Waals surface area contributed by atoms with Crippen LogP contribution >= 0.6 is 35.2 Å². The molecule has 1 unspecified atom stereocenters. The Morgan fingerprint density at radius 3 is 1.78 bits per heavy atom. The van der Waals surface area contributed by atoms with E-state index in [1.807, 2.05) is 105 Å². The first kappa shape index (κ1) is 95.4. The number of methoxy groups -OCH3 is 1. The number of rotatable bonds is 28. The number of ether oxygens (including phenoxy) is 3. The van der Waals surface area contributed by atoms with Crippen molar-refractivity contribution < 1.29 is 28.6 Å². The van der Waals surface area contributed by atoms with E-state index < -0.39 is 6.04 Å². The van der Waals surface area contributed by atoms with Gasteiger partial charge in [-0.1, -0.05) is 192 Å². The molecule has 1 heterocycles. The van der Waals surface area contributed by atoms with Crippen LogP contribution in [0.3, 0.4) is 0 Å². The van der Waals surface area contributed by atoms with Crippen LogP contribution in [0, 0.1) is 46.5 Å². The molecule has 0 saturated carbocycles. The molecule has 0 bridgehead atoms. The predicted octanol–water partition coefficient (Wildman–Crippen LogP) is 20.5. The second kappa shape index (κ2) is 69.2. The van der Waals surface area contributed by atoms with Gasteiger partial charge in [0.1, 0.15) is 0 Å². The van der Waals surface area contributed by atoms with Gasteiger partial charge in [-0.3, -0.25) is 19.4 Å². The van der Waals surface area contributed by atoms with Crippen LogP contribution in [0.1, 0.15) is 228 Å². The highest BCUT2D eigenvalue weighted by atomic mass is 35.5. The average Bonchev–Trinajstić information content (AvgIpc) is 1.65. The SMILES string of the molecule is C#C.C/C=C\c1cccc(CCC)c1C.C=CC(C)=O.CC.CC.CC=S.CCC/C(C)=N\N=C(/C)[C@H](CC(=O)NCCOCC)N=C(c1ccc(Cl)cc1)c1c(C)sc(C)c1C.CCCCC(C)CC.CCOCCCCOC.CNC(=O)c1ccccc1. The number of nitrogens with zero attached hydrogens (tertiary/aromatic N) is 3. The summed E-state index contributed by atoms with van der Waals surface area (Å²) >= 11 is 12.2. The van der Waals surface area contributed by atoms with Gasteiger partial charge in [-0.05, 0) is 166 Å². The fourth-order valence-electron chi connectivity index (χ4n) is 7.46. The van der Waals surface area contributed by atoms with Crippen molar-refractivity contribution in [3.8, 4) is 12.8 Å². The van der Waals surface area contributed by atoms with Gasteiger partial charge in [0, 0.05) is 84.3 Å². The number of aliphatic imine (C=N–C) groups is 1. The summed E-state index contributed by atoms with van der Waals surface area (Å²) in [6.45, 7) is 48.2. The Hall–Kier alpha value is -5.72. The number of halogens is 1. The Morgan fingerprint density at radius 2 is 1.31 bits per heavy atom. The first-order valence-electron chi connectivity index (χ1n) is 32.5. The summed E-state index contributed by atoms with van der Waals surface area (Å²) < 4.78 is 15.3. The van der Waals surface area contributed by atoms with Crippen molar-refractivity contribution in [1.82, 2.24) is 10.6 Å². The number of terminal acetylenes is 1. The van der Waals surface area contributed by atoms with Gasteiger partial charge in [0.05, 0.1) is 30.5 Å². The number of carbonyl (C=O) groups excluding carboxylic acids is 3. The molecule has 0 saturated heterocycles. The third kappa shape index (κ3) is 52.0. The van der Waals surface area contributed by atoms with E-state index in [1.54, 1.807) is 43.0 Å². The minimum Gasteiger partial charge on any atom is -0.385 e. The summed E-state index contributed by atoms with van der Waals surface area (Å²) in [4.78, 5) is 41.1. The van der Waals surface area contributed by atoms with Gasteiger partial charge in [0.25, 0.3) is 5.91 Å². The predicted molar refractivity (Wildman–Crippen MR) is 404 cm³/mol. The lowest BCUT2D eigenvalue weighted by molar-refractivity contribution is -0.121. The number of benzene rings is 3. The summed E-state index contributed by atoms with van der Waals surface area (Å²) in [5.41, 5.74) is 10.7. The van der Waals surface area contributed by atoms with Crippen LogP contribution in [0.25, 0.3) is 6.08 Å². The molecule has 0 radical (unpaired) electrons. The van der Waals surface area contributed by atoms with Crippen LogP contribution < -0.4 is 10.6 Å². The Labute approximate surface area is 565 Å². The van der Waals surface area contributed by atoms with E-state index in [9.17, 15) is 14.4 Å². The van der Waals surface area contributed by atoms with Crippen molar-refractivity contribution in [3.63, 3.8) is 0 Å². The molecule has 4 aromatic rings. The maximum Gasteiger partial charge on any atom is 0.251 e. The number of amides is 2. The summed E-state index contributed by atoms with van der Waals surface area (Å²) in [5, 5.41) is 16.6. The smallest absolute Gasteiger partial charge is 0.251 e. The molecule has 1 aromatic heterocycles. The van der Waals surface area contributed by atoms with Crippen LogP contribution in [-0.2, 0) is 30.2 Å². The molecule has 0 fully saturated rings. The van der Waals surface area contributed by atoms with E-state index in [-0.39, 0.29) is 24.0 Å². The maximum atomic E-state index is 12.9. The zero-order valence-corrected chi connectivity index (χ0v) is 62.6. The van der Waals surface area contributed by atoms with E-state index in [1.165, 1.54) is 83.5 Å². The molecule has 2 amide bonds. The lowest BCUT2D eigenvalue weighted by Gasteiger charge is -2.17. The Bertz CT molecular complexity index is 2530. The highest BCUT2D eigenvalue weighted by Crippen LogP contribution is 2.30. The third-order valence-electron chi connectivity index (χ3n) is 12.6. The second-order valence-electron chi connectivity index (χ2n) is 19.7. The van der Waals surface area contributed by atoms with Crippen molar-refractivity contribution in [1.29, 1.82) is 0 Å². The molecule has 2 atom stereocenters. The Kier molecular flexibility index (Phi) is 73.3. The van der Waals surface area contributed by atoms with Gasteiger partial charge in [0.2, 0.25) is 5.91 Å². The largest absolute Gasteiger partial charge is 0.385 e. The third-order valence-corrected chi connectivity index (χ3v) is 13.9. The fourth-order valence-corrected chi connectivity index (χ4v) is 8.65. The van der Waals surface area contributed by atoms with Crippen LogP contribution in [0.4, 0.5) is 0 Å². The minimum atomic E-state index is -0.472. The number of unbranched alkanes of at least 4 members (excludes halogenated alkanes) is 2. The molecule has 2 N–H and O–H groups in total. The van der Waals surface area contributed by atoms with E-state index in [0.29, 0.717) is 36.1 Å². The summed E-state index contributed by atoms with van der Waals surface area (Å²) in [6, 6.07) is 22.9. The quantitative estimate of drug-likeness (QED) is 0.0144. The molecule has 90 heavy (non-hydrogen) atoms. The number of aryl methyl sites for hydroxylation is 3. The fraction of sp³-hybridized carbons (Fsp3) is 0.539. The molecule has 0 aliphatic carbocycles. The first-order chi connectivity index (χ1) is 43.2. The first-order valence-corrected chi connectivity index (χ1v) is 34.1. The highest BCUT2D eigenvalue weighted by Gasteiger charge is 2.22. The van der Waals surface area contributed by atoms with Crippen LogP contribution in [0.5, 0.6) is 0 Å².